The second-order valence-corrected chi connectivity index (χ2v) is 7.24. The molecule has 0 atom stereocenters. The molecule has 0 nitrogen and oxygen atoms in total. The zero-order valence-corrected chi connectivity index (χ0v) is 11.4. The molecule has 0 heterocycles. The molecule has 0 unspecified atom stereocenters. The number of halogens is 2. The van der Waals surface area contributed by atoms with Gasteiger partial charge in [0.15, 0.2) is 0 Å². The Bertz CT molecular complexity index is 315. The van der Waals surface area contributed by atoms with E-state index in [0.29, 0.717) is 0 Å². The summed E-state index contributed by atoms with van der Waals surface area (Å²) in [5, 5.41) is 0. The second-order valence-electron chi connectivity index (χ2n) is 3.66. The molecule has 3 heteroatoms. The van der Waals surface area contributed by atoms with Crippen LogP contribution in [0.5, 0.6) is 0 Å². The van der Waals surface area contributed by atoms with Crippen molar-refractivity contribution in [1.82, 2.24) is 0 Å². The van der Waals surface area contributed by atoms with Crippen LogP contribution in [0, 0.1) is 0 Å². The van der Waals surface area contributed by atoms with Crippen LogP contribution in [0.4, 0.5) is 0 Å². The molecule has 0 radical (unpaired) electrons. The Morgan fingerprint density at radius 3 is 1.53 bits per heavy atom. The van der Waals surface area contributed by atoms with Crippen molar-refractivity contribution >= 4 is 0 Å². The van der Waals surface area contributed by atoms with Crippen molar-refractivity contribution in [2.75, 3.05) is 0 Å². The van der Waals surface area contributed by atoms with E-state index < -0.39 is 0 Å². The van der Waals surface area contributed by atoms with E-state index >= 15 is 0 Å². The van der Waals surface area contributed by atoms with Gasteiger partial charge in [-0.15, -0.1) is 0 Å². The summed E-state index contributed by atoms with van der Waals surface area (Å²) in [4.78, 5) is 0. The summed E-state index contributed by atoms with van der Waals surface area (Å²) < 4.78 is 3.56. The molecule has 0 saturated heterocycles. The maximum absolute atomic E-state index is 2.31. The molecule has 0 N–H and O–H groups in total. The van der Waals surface area contributed by atoms with Crippen LogP contribution in [-0.2, 0) is 23.2 Å². The van der Waals surface area contributed by atoms with Gasteiger partial charge in [-0.1, -0.05) is 0 Å². The van der Waals surface area contributed by atoms with Gasteiger partial charge in [-0.2, -0.15) is 0 Å². The molecule has 0 aromatic rings. The minimum Gasteiger partial charge on any atom is -1.00 e. The molecule has 0 aromatic carbocycles. The van der Waals surface area contributed by atoms with Crippen LogP contribution in [-0.4, -0.2) is 0 Å². The zero-order valence-electron chi connectivity index (χ0n) is 8.98. The number of allylic oxidation sites excluding steroid dienone is 8. The van der Waals surface area contributed by atoms with Crippen molar-refractivity contribution in [3.8, 4) is 0 Å². The zero-order chi connectivity index (χ0) is 9.26. The normalized spacial score (nSPS) is 17.7. The monoisotopic (exact) mass is 286 g/mol. The van der Waals surface area contributed by atoms with E-state index in [1.807, 2.05) is 0 Å². The molecule has 0 aromatic heterocycles. The van der Waals surface area contributed by atoms with Crippen molar-refractivity contribution in [3.63, 3.8) is 0 Å². The first kappa shape index (κ1) is 14.7. The molecule has 2 aliphatic rings. The van der Waals surface area contributed by atoms with Crippen LogP contribution < -0.4 is 9.41 Å². The Balaban J connectivity index is 0.000000980. The molecule has 15 heavy (non-hydrogen) atoms. The van der Waals surface area contributed by atoms with Gasteiger partial charge in [0.1, 0.15) is 0 Å². The number of hydrogen-bond acceptors (Lipinski definition) is 0. The fraction of sp³-hybridized carbons (Fsp3) is 0.333. The fourth-order valence-corrected chi connectivity index (χ4v) is 5.07. The summed E-state index contributed by atoms with van der Waals surface area (Å²) in [7, 11) is 0. The maximum Gasteiger partial charge on any atom is -1.00 e. The number of rotatable bonds is 2. The van der Waals surface area contributed by atoms with Gasteiger partial charge in [-0.3, -0.25) is 0 Å². The summed E-state index contributed by atoms with van der Waals surface area (Å²) in [6.45, 7) is 4.52. The first-order valence-corrected chi connectivity index (χ1v) is 7.23. The Kier molecular flexibility index (Phi) is 6.20. The van der Waals surface area contributed by atoms with Crippen molar-refractivity contribution in [2.24, 2.45) is 0 Å². The van der Waals surface area contributed by atoms with E-state index in [0.717, 1.165) is 0 Å². The summed E-state index contributed by atoms with van der Waals surface area (Å²) in [5.41, 5.74) is 3.11. The average molecular weight is 287 g/mol. The first-order valence-electron chi connectivity index (χ1n) is 4.77. The predicted molar refractivity (Wildman–Crippen MR) is 52.9 cm³/mol. The van der Waals surface area contributed by atoms with Crippen LogP contribution in [0.3, 0.4) is 0 Å². The maximum atomic E-state index is 2.31. The van der Waals surface area contributed by atoms with E-state index in [-0.39, 0.29) is 32.6 Å². The van der Waals surface area contributed by atoms with E-state index in [1.54, 1.807) is 17.7 Å². The molecule has 0 bridgehead atoms. The molecule has 0 spiro atoms. The van der Waals surface area contributed by atoms with Gasteiger partial charge in [0, 0.05) is 0 Å². The molecule has 0 fully saturated rings. The minimum absolute atomic E-state index is 0. The molecule has 0 saturated carbocycles. The van der Waals surface area contributed by atoms with E-state index in [2.05, 4.69) is 38.2 Å². The van der Waals surface area contributed by atoms with Crippen LogP contribution in [0.2, 0.25) is 0 Å². The Labute approximate surface area is 101 Å². The summed E-state index contributed by atoms with van der Waals surface area (Å²) in [6, 6.07) is 0. The minimum atomic E-state index is -0.385. The van der Waals surface area contributed by atoms with Gasteiger partial charge in [0.25, 0.3) is 0 Å². The van der Waals surface area contributed by atoms with Crippen LogP contribution in [0.25, 0.3) is 0 Å². The van der Waals surface area contributed by atoms with Crippen molar-refractivity contribution in [3.05, 3.63) is 42.0 Å². The van der Waals surface area contributed by atoms with Crippen LogP contribution in [0.15, 0.2) is 42.0 Å². The Hall–Kier alpha value is -0.297. The van der Waals surface area contributed by atoms with Gasteiger partial charge in [-0.05, 0) is 0 Å². The molecular formula is C12H14F2Zr. The van der Waals surface area contributed by atoms with E-state index in [4.69, 9.17) is 0 Å². The van der Waals surface area contributed by atoms with Crippen molar-refractivity contribution < 1.29 is 32.6 Å². The molecule has 2 rings (SSSR count). The van der Waals surface area contributed by atoms with Crippen molar-refractivity contribution in [2.45, 2.75) is 26.7 Å². The van der Waals surface area contributed by atoms with Crippen LogP contribution in [0.1, 0.15) is 26.7 Å². The quantitative estimate of drug-likeness (QED) is 0.529. The van der Waals surface area contributed by atoms with Gasteiger partial charge >= 0.3 is 91.9 Å². The van der Waals surface area contributed by atoms with Gasteiger partial charge < -0.3 is 9.41 Å². The summed E-state index contributed by atoms with van der Waals surface area (Å²) >= 11 is -0.385. The summed E-state index contributed by atoms with van der Waals surface area (Å²) in [5.74, 6) is 0. The summed E-state index contributed by atoms with van der Waals surface area (Å²) in [6.07, 6.45) is 11.7. The molecular weight excluding hydrogens is 273 g/mol. The standard InChI is InChI=1S/2C6H7.2FH.Zr/c2*1-6-4-2-3-5-6;;;/h2*2,4H,3H2,1H3;2*1H;/q;;;;+2/p-2. The van der Waals surface area contributed by atoms with E-state index in [1.165, 1.54) is 12.8 Å². The first-order chi connectivity index (χ1) is 6.27. The average Bonchev–Trinajstić information content (AvgIpc) is 2.65. The SMILES string of the molecule is CC1=[C]([Zr+2][C]2=C(C)C=CC2)CC=C1.[F-].[F-]. The largest absolute Gasteiger partial charge is 1.00 e. The van der Waals surface area contributed by atoms with Crippen molar-refractivity contribution in [1.29, 1.82) is 0 Å². The Morgan fingerprint density at radius 1 is 0.867 bits per heavy atom. The molecule has 80 valence electrons. The fourth-order valence-electron chi connectivity index (χ4n) is 1.71. The van der Waals surface area contributed by atoms with Gasteiger partial charge in [0.05, 0.1) is 0 Å². The van der Waals surface area contributed by atoms with E-state index in [9.17, 15) is 0 Å². The third-order valence-electron chi connectivity index (χ3n) is 2.63. The Morgan fingerprint density at radius 2 is 1.27 bits per heavy atom. The molecule has 2 aliphatic carbocycles. The number of hydrogen-bond donors (Lipinski definition) is 0. The second kappa shape index (κ2) is 6.32. The topological polar surface area (TPSA) is 0 Å². The van der Waals surface area contributed by atoms with Gasteiger partial charge in [0.2, 0.25) is 0 Å². The van der Waals surface area contributed by atoms with Gasteiger partial charge in [-0.25, -0.2) is 0 Å². The third kappa shape index (κ3) is 3.34. The predicted octanol–water partition coefficient (Wildman–Crippen LogP) is -2.46. The third-order valence-corrected chi connectivity index (χ3v) is 7.06. The smallest absolute Gasteiger partial charge is 1.00 e. The molecule has 0 amide bonds. The molecule has 0 aliphatic heterocycles. The van der Waals surface area contributed by atoms with Crippen LogP contribution >= 0.6 is 0 Å².